The van der Waals surface area contributed by atoms with Gasteiger partial charge in [-0.1, -0.05) is 13.8 Å². The molecule has 3 nitrogen and oxygen atoms in total. The van der Waals surface area contributed by atoms with E-state index in [2.05, 4.69) is 18.7 Å². The van der Waals surface area contributed by atoms with E-state index in [4.69, 9.17) is 9.78 Å². The minimum Gasteiger partial charge on any atom is -0.270 e. The molecule has 65 valence electrons. The smallest absolute Gasteiger partial charge is 0.202 e. The Bertz CT molecular complexity index is 98.3. The Labute approximate surface area is 68.2 Å². The highest BCUT2D eigenvalue weighted by Gasteiger charge is 2.21. The van der Waals surface area contributed by atoms with Crippen LogP contribution in [0.4, 0.5) is 0 Å². The van der Waals surface area contributed by atoms with Gasteiger partial charge in [-0.25, -0.2) is 9.78 Å². The molecular weight excluding hydrogens is 142 g/mol. The van der Waals surface area contributed by atoms with Crippen LogP contribution in [0.25, 0.3) is 0 Å². The minimum absolute atomic E-state index is 0.727. The summed E-state index contributed by atoms with van der Waals surface area (Å²) in [6.07, 6.45) is 3.08. The van der Waals surface area contributed by atoms with Crippen LogP contribution in [-0.4, -0.2) is 24.6 Å². The molecule has 0 aromatic heterocycles. The van der Waals surface area contributed by atoms with E-state index in [1.807, 2.05) is 0 Å². The van der Waals surface area contributed by atoms with Crippen molar-refractivity contribution in [1.82, 2.24) is 4.90 Å². The fourth-order valence-corrected chi connectivity index (χ4v) is 1.22. The summed E-state index contributed by atoms with van der Waals surface area (Å²) in [4.78, 5) is 12.1. The number of rotatable bonds is 3. The molecule has 1 fully saturated rings. The standard InChI is InChI=1S/C8H16NO2/c1-3-9(4-2)8-6-5-7-10-11-8/h3-7H2,1-2H3. The summed E-state index contributed by atoms with van der Waals surface area (Å²) >= 11 is 0. The lowest BCUT2D eigenvalue weighted by Gasteiger charge is -2.29. The SMILES string of the molecule is CCN(CC)[C]1CCCOO1. The van der Waals surface area contributed by atoms with Crippen LogP contribution in [-0.2, 0) is 9.78 Å². The van der Waals surface area contributed by atoms with Crippen molar-refractivity contribution in [2.24, 2.45) is 0 Å². The van der Waals surface area contributed by atoms with Crippen molar-refractivity contribution < 1.29 is 9.78 Å². The average Bonchev–Trinajstić information content (AvgIpc) is 2.09. The molecule has 0 aromatic carbocycles. The van der Waals surface area contributed by atoms with E-state index >= 15 is 0 Å². The van der Waals surface area contributed by atoms with Crippen molar-refractivity contribution in [2.45, 2.75) is 26.7 Å². The van der Waals surface area contributed by atoms with Crippen molar-refractivity contribution >= 4 is 0 Å². The highest BCUT2D eigenvalue weighted by atomic mass is 17.2. The van der Waals surface area contributed by atoms with Crippen molar-refractivity contribution in [3.05, 3.63) is 6.23 Å². The molecule has 0 spiro atoms. The van der Waals surface area contributed by atoms with Crippen LogP contribution in [0.2, 0.25) is 0 Å². The fourth-order valence-electron chi connectivity index (χ4n) is 1.22. The first-order chi connectivity index (χ1) is 5.38. The van der Waals surface area contributed by atoms with Crippen molar-refractivity contribution in [3.63, 3.8) is 0 Å². The van der Waals surface area contributed by atoms with Gasteiger partial charge in [0, 0.05) is 6.42 Å². The van der Waals surface area contributed by atoms with Crippen LogP contribution in [0.1, 0.15) is 26.7 Å². The van der Waals surface area contributed by atoms with Crippen molar-refractivity contribution in [2.75, 3.05) is 19.7 Å². The monoisotopic (exact) mass is 158 g/mol. The van der Waals surface area contributed by atoms with Gasteiger partial charge < -0.3 is 0 Å². The van der Waals surface area contributed by atoms with Gasteiger partial charge in [0.05, 0.1) is 6.61 Å². The van der Waals surface area contributed by atoms with E-state index in [1.165, 1.54) is 0 Å². The maximum atomic E-state index is 5.06. The van der Waals surface area contributed by atoms with E-state index in [9.17, 15) is 0 Å². The Morgan fingerprint density at radius 2 is 2.09 bits per heavy atom. The Hall–Kier alpha value is -0.120. The summed E-state index contributed by atoms with van der Waals surface area (Å²) in [7, 11) is 0. The third-order valence-corrected chi connectivity index (χ3v) is 1.89. The Kier molecular flexibility index (Phi) is 3.83. The number of hydrogen-bond acceptors (Lipinski definition) is 3. The molecule has 0 atom stereocenters. The quantitative estimate of drug-likeness (QED) is 0.582. The summed E-state index contributed by atoms with van der Waals surface area (Å²) < 4.78 is 0. The zero-order chi connectivity index (χ0) is 8.10. The van der Waals surface area contributed by atoms with Crippen LogP contribution < -0.4 is 0 Å². The van der Waals surface area contributed by atoms with Crippen LogP contribution in [0.5, 0.6) is 0 Å². The molecule has 0 aliphatic carbocycles. The predicted molar refractivity (Wildman–Crippen MR) is 42.4 cm³/mol. The Morgan fingerprint density at radius 1 is 1.36 bits per heavy atom. The molecule has 1 heterocycles. The summed E-state index contributed by atoms with van der Waals surface area (Å²) in [5.74, 6) is 0. The molecule has 0 bridgehead atoms. The largest absolute Gasteiger partial charge is 0.270 e. The first-order valence-corrected chi connectivity index (χ1v) is 4.28. The number of hydrogen-bond donors (Lipinski definition) is 0. The average molecular weight is 158 g/mol. The van der Waals surface area contributed by atoms with E-state index in [0.717, 1.165) is 38.8 Å². The summed E-state index contributed by atoms with van der Waals surface area (Å²) in [5, 5.41) is 0. The number of nitrogens with zero attached hydrogens (tertiary/aromatic N) is 1. The van der Waals surface area contributed by atoms with E-state index in [1.54, 1.807) is 0 Å². The van der Waals surface area contributed by atoms with Crippen molar-refractivity contribution in [3.8, 4) is 0 Å². The molecule has 0 unspecified atom stereocenters. The zero-order valence-corrected chi connectivity index (χ0v) is 7.30. The van der Waals surface area contributed by atoms with Gasteiger partial charge in [-0.3, -0.25) is 4.90 Å². The van der Waals surface area contributed by atoms with Gasteiger partial charge >= 0.3 is 0 Å². The molecule has 0 saturated carbocycles. The molecule has 0 amide bonds. The van der Waals surface area contributed by atoms with E-state index in [0.29, 0.717) is 0 Å². The second-order valence-electron chi connectivity index (χ2n) is 2.57. The molecule has 1 rings (SSSR count). The summed E-state index contributed by atoms with van der Waals surface area (Å²) in [6.45, 7) is 6.96. The van der Waals surface area contributed by atoms with Crippen LogP contribution >= 0.6 is 0 Å². The second kappa shape index (κ2) is 4.70. The Morgan fingerprint density at radius 3 is 2.55 bits per heavy atom. The lowest BCUT2D eigenvalue weighted by molar-refractivity contribution is -0.327. The normalized spacial score (nSPS) is 21.0. The van der Waals surface area contributed by atoms with Gasteiger partial charge in [0.2, 0.25) is 6.23 Å². The van der Waals surface area contributed by atoms with Crippen molar-refractivity contribution in [1.29, 1.82) is 0 Å². The molecule has 1 aliphatic heterocycles. The molecule has 1 aliphatic rings. The van der Waals surface area contributed by atoms with Gasteiger partial charge in [0.1, 0.15) is 0 Å². The van der Waals surface area contributed by atoms with Crippen LogP contribution in [0, 0.1) is 6.23 Å². The second-order valence-corrected chi connectivity index (χ2v) is 2.57. The maximum Gasteiger partial charge on any atom is 0.202 e. The van der Waals surface area contributed by atoms with Gasteiger partial charge in [-0.2, -0.15) is 0 Å². The third-order valence-electron chi connectivity index (χ3n) is 1.89. The summed E-state index contributed by atoms with van der Waals surface area (Å²) in [5.41, 5.74) is 0. The highest BCUT2D eigenvalue weighted by Crippen LogP contribution is 2.20. The molecule has 11 heavy (non-hydrogen) atoms. The summed E-state index contributed by atoms with van der Waals surface area (Å²) in [6, 6.07) is 0. The predicted octanol–water partition coefficient (Wildman–Crippen LogP) is 1.56. The molecule has 3 heteroatoms. The minimum atomic E-state index is 0.727. The van der Waals surface area contributed by atoms with Gasteiger partial charge in [0.25, 0.3) is 0 Å². The van der Waals surface area contributed by atoms with E-state index < -0.39 is 0 Å². The topological polar surface area (TPSA) is 21.7 Å². The molecule has 0 aromatic rings. The molecule has 0 N–H and O–H groups in total. The lowest BCUT2D eigenvalue weighted by Crippen LogP contribution is -2.32. The Balaban J connectivity index is 2.30. The van der Waals surface area contributed by atoms with Gasteiger partial charge in [-0.05, 0) is 19.5 Å². The fraction of sp³-hybridized carbons (Fsp3) is 0.875. The van der Waals surface area contributed by atoms with Gasteiger partial charge in [-0.15, -0.1) is 0 Å². The van der Waals surface area contributed by atoms with Crippen LogP contribution in [0.15, 0.2) is 0 Å². The third kappa shape index (κ3) is 2.43. The first kappa shape index (κ1) is 8.97. The molecule has 1 radical (unpaired) electrons. The maximum absolute atomic E-state index is 5.06. The molecule has 1 saturated heterocycles. The molecular formula is C8H16NO2. The first-order valence-electron chi connectivity index (χ1n) is 4.28. The highest BCUT2D eigenvalue weighted by molar-refractivity contribution is 4.78. The van der Waals surface area contributed by atoms with Crippen LogP contribution in [0.3, 0.4) is 0 Å². The van der Waals surface area contributed by atoms with E-state index in [-0.39, 0.29) is 0 Å². The van der Waals surface area contributed by atoms with Gasteiger partial charge in [0.15, 0.2) is 0 Å². The zero-order valence-electron chi connectivity index (χ0n) is 7.30. The lowest BCUT2D eigenvalue weighted by atomic mass is 10.2.